The Morgan fingerprint density at radius 1 is 0.733 bits per heavy atom. The summed E-state index contributed by atoms with van der Waals surface area (Å²) in [5.74, 6) is 0.146. The molecule has 0 N–H and O–H groups in total. The van der Waals surface area contributed by atoms with Crippen LogP contribution in [0.5, 0.6) is 0 Å². The molecule has 0 radical (unpaired) electrons. The van der Waals surface area contributed by atoms with Gasteiger partial charge in [-0.1, -0.05) is 90.5 Å². The molecule has 0 fully saturated rings. The molecule has 4 aromatic rings. The minimum atomic E-state index is 0.146. The molecular weight excluding hydrogens is 368 g/mol. The standard InChI is InChI=1S/C27H24N2O/c1-20-12-14-23(15-13-20)27-19-28-25(18-24(30)16-21-8-4-2-5-9-21)26(29-27)17-22-10-6-3-7-11-22/h2-15,19H,16-18H2,1H3. The predicted octanol–water partition coefficient (Wildman–Crippen LogP) is 5.40. The molecule has 1 aromatic heterocycles. The minimum absolute atomic E-state index is 0.146. The predicted molar refractivity (Wildman–Crippen MR) is 120 cm³/mol. The van der Waals surface area contributed by atoms with Crippen LogP contribution in [0, 0.1) is 6.92 Å². The number of ketones is 1. The third-order valence-electron chi connectivity index (χ3n) is 5.10. The van der Waals surface area contributed by atoms with Gasteiger partial charge in [0.1, 0.15) is 5.78 Å². The Kier molecular flexibility index (Phi) is 6.09. The average molecular weight is 393 g/mol. The van der Waals surface area contributed by atoms with Crippen molar-refractivity contribution in [2.75, 3.05) is 0 Å². The van der Waals surface area contributed by atoms with Crippen LogP contribution in [-0.4, -0.2) is 15.8 Å². The van der Waals surface area contributed by atoms with Crippen molar-refractivity contribution in [3.8, 4) is 11.3 Å². The lowest BCUT2D eigenvalue weighted by Crippen LogP contribution is -2.12. The summed E-state index contributed by atoms with van der Waals surface area (Å²) in [5.41, 5.74) is 6.88. The van der Waals surface area contributed by atoms with E-state index in [1.165, 1.54) is 5.56 Å². The fraction of sp³-hybridized carbons (Fsp3) is 0.148. The van der Waals surface area contributed by atoms with E-state index in [2.05, 4.69) is 48.3 Å². The van der Waals surface area contributed by atoms with E-state index in [-0.39, 0.29) is 12.2 Å². The van der Waals surface area contributed by atoms with Crippen LogP contribution in [0.3, 0.4) is 0 Å². The van der Waals surface area contributed by atoms with Crippen molar-refractivity contribution in [1.29, 1.82) is 0 Å². The van der Waals surface area contributed by atoms with Crippen LogP contribution in [0.15, 0.2) is 91.1 Å². The van der Waals surface area contributed by atoms with E-state index in [0.717, 1.165) is 33.8 Å². The number of carbonyl (C=O) groups excluding carboxylic acids is 1. The summed E-state index contributed by atoms with van der Waals surface area (Å²) < 4.78 is 0. The maximum Gasteiger partial charge on any atom is 0.143 e. The number of aromatic nitrogens is 2. The molecule has 148 valence electrons. The summed E-state index contributed by atoms with van der Waals surface area (Å²) in [5, 5.41) is 0. The van der Waals surface area contributed by atoms with Crippen molar-refractivity contribution in [2.45, 2.75) is 26.2 Å². The SMILES string of the molecule is Cc1ccc(-c2cnc(CC(=O)Cc3ccccc3)c(Cc3ccccc3)n2)cc1. The zero-order valence-electron chi connectivity index (χ0n) is 17.1. The average Bonchev–Trinajstić information content (AvgIpc) is 2.77. The smallest absolute Gasteiger partial charge is 0.143 e. The van der Waals surface area contributed by atoms with E-state index >= 15 is 0 Å². The van der Waals surface area contributed by atoms with E-state index < -0.39 is 0 Å². The third kappa shape index (κ3) is 5.06. The quantitative estimate of drug-likeness (QED) is 0.423. The van der Waals surface area contributed by atoms with Gasteiger partial charge in [0.25, 0.3) is 0 Å². The zero-order valence-corrected chi connectivity index (χ0v) is 17.1. The maximum absolute atomic E-state index is 12.7. The summed E-state index contributed by atoms with van der Waals surface area (Å²) >= 11 is 0. The molecule has 0 aliphatic rings. The summed E-state index contributed by atoms with van der Waals surface area (Å²) in [7, 11) is 0. The maximum atomic E-state index is 12.7. The van der Waals surface area contributed by atoms with Crippen LogP contribution in [0.4, 0.5) is 0 Å². The number of Topliss-reactive ketones (excluding diaryl/α,β-unsaturated/α-hetero) is 1. The summed E-state index contributed by atoms with van der Waals surface area (Å²) in [6, 6.07) is 28.3. The van der Waals surface area contributed by atoms with E-state index in [4.69, 9.17) is 4.98 Å². The second kappa shape index (κ2) is 9.27. The lowest BCUT2D eigenvalue weighted by atomic mass is 10.0. The number of hydrogen-bond acceptors (Lipinski definition) is 3. The van der Waals surface area contributed by atoms with Crippen molar-refractivity contribution in [3.05, 3.63) is 119 Å². The summed E-state index contributed by atoms with van der Waals surface area (Å²) in [4.78, 5) is 22.3. The van der Waals surface area contributed by atoms with E-state index in [0.29, 0.717) is 12.8 Å². The molecule has 0 saturated heterocycles. The monoisotopic (exact) mass is 392 g/mol. The molecule has 3 aromatic carbocycles. The highest BCUT2D eigenvalue weighted by Gasteiger charge is 2.14. The molecule has 4 rings (SSSR count). The van der Waals surface area contributed by atoms with Gasteiger partial charge in [0.2, 0.25) is 0 Å². The zero-order chi connectivity index (χ0) is 20.8. The Balaban J connectivity index is 1.62. The van der Waals surface area contributed by atoms with Gasteiger partial charge in [0.05, 0.1) is 29.7 Å². The van der Waals surface area contributed by atoms with Gasteiger partial charge in [0, 0.05) is 18.4 Å². The number of benzene rings is 3. The van der Waals surface area contributed by atoms with Crippen LogP contribution < -0.4 is 0 Å². The van der Waals surface area contributed by atoms with Crippen molar-refractivity contribution >= 4 is 5.78 Å². The third-order valence-corrected chi connectivity index (χ3v) is 5.10. The van der Waals surface area contributed by atoms with Gasteiger partial charge in [-0.3, -0.25) is 9.78 Å². The molecule has 3 heteroatoms. The molecule has 0 atom stereocenters. The number of nitrogens with zero attached hydrogens (tertiary/aromatic N) is 2. The lowest BCUT2D eigenvalue weighted by Gasteiger charge is -2.11. The van der Waals surface area contributed by atoms with Crippen LogP contribution in [0.1, 0.15) is 28.1 Å². The fourth-order valence-corrected chi connectivity index (χ4v) is 3.47. The molecular formula is C27H24N2O. The first-order chi connectivity index (χ1) is 14.7. The van der Waals surface area contributed by atoms with Crippen LogP contribution in [0.25, 0.3) is 11.3 Å². The number of hydrogen-bond donors (Lipinski definition) is 0. The Morgan fingerprint density at radius 3 is 2.03 bits per heavy atom. The first-order valence-electron chi connectivity index (χ1n) is 10.2. The molecule has 0 amide bonds. The summed E-state index contributed by atoms with van der Waals surface area (Å²) in [6.07, 6.45) is 3.14. The van der Waals surface area contributed by atoms with Gasteiger partial charge in [-0.25, -0.2) is 4.98 Å². The molecule has 0 aliphatic heterocycles. The highest BCUT2D eigenvalue weighted by atomic mass is 16.1. The minimum Gasteiger partial charge on any atom is -0.299 e. The second-order valence-corrected chi connectivity index (χ2v) is 7.55. The highest BCUT2D eigenvalue weighted by molar-refractivity contribution is 5.83. The number of aryl methyl sites for hydroxylation is 1. The molecule has 3 nitrogen and oxygen atoms in total. The van der Waals surface area contributed by atoms with Crippen LogP contribution in [0.2, 0.25) is 0 Å². The van der Waals surface area contributed by atoms with Gasteiger partial charge in [-0.15, -0.1) is 0 Å². The first-order valence-corrected chi connectivity index (χ1v) is 10.2. The van der Waals surface area contributed by atoms with Gasteiger partial charge in [0.15, 0.2) is 0 Å². The number of rotatable bonds is 7. The lowest BCUT2D eigenvalue weighted by molar-refractivity contribution is -0.117. The molecule has 0 aliphatic carbocycles. The van der Waals surface area contributed by atoms with E-state index in [9.17, 15) is 4.79 Å². The fourth-order valence-electron chi connectivity index (χ4n) is 3.47. The van der Waals surface area contributed by atoms with Crippen LogP contribution >= 0.6 is 0 Å². The molecule has 0 saturated carbocycles. The van der Waals surface area contributed by atoms with Crippen molar-refractivity contribution in [2.24, 2.45) is 0 Å². The van der Waals surface area contributed by atoms with Gasteiger partial charge in [-0.05, 0) is 18.1 Å². The molecule has 0 bridgehead atoms. The molecule has 0 spiro atoms. The Morgan fingerprint density at radius 2 is 1.37 bits per heavy atom. The first kappa shape index (κ1) is 19.7. The summed E-state index contributed by atoms with van der Waals surface area (Å²) in [6.45, 7) is 2.07. The van der Waals surface area contributed by atoms with Gasteiger partial charge in [-0.2, -0.15) is 0 Å². The van der Waals surface area contributed by atoms with Gasteiger partial charge < -0.3 is 0 Å². The van der Waals surface area contributed by atoms with E-state index in [1.807, 2.05) is 48.5 Å². The topological polar surface area (TPSA) is 42.9 Å². The number of carbonyl (C=O) groups is 1. The van der Waals surface area contributed by atoms with Crippen molar-refractivity contribution in [1.82, 2.24) is 9.97 Å². The van der Waals surface area contributed by atoms with E-state index in [1.54, 1.807) is 6.20 Å². The Labute approximate surface area is 177 Å². The van der Waals surface area contributed by atoms with Gasteiger partial charge >= 0.3 is 0 Å². The normalized spacial score (nSPS) is 10.7. The molecule has 30 heavy (non-hydrogen) atoms. The van der Waals surface area contributed by atoms with Crippen LogP contribution in [-0.2, 0) is 24.1 Å². The molecule has 1 heterocycles. The van der Waals surface area contributed by atoms with Crippen molar-refractivity contribution < 1.29 is 4.79 Å². The largest absolute Gasteiger partial charge is 0.299 e. The Hall–Kier alpha value is -3.59. The van der Waals surface area contributed by atoms with Crippen molar-refractivity contribution in [3.63, 3.8) is 0 Å². The second-order valence-electron chi connectivity index (χ2n) is 7.55. The highest BCUT2D eigenvalue weighted by Crippen LogP contribution is 2.20. The Bertz CT molecular complexity index is 1120. The molecule has 0 unspecified atom stereocenters.